The summed E-state index contributed by atoms with van der Waals surface area (Å²) in [5.41, 5.74) is 4.04. The molecule has 2 saturated heterocycles. The van der Waals surface area contributed by atoms with Crippen LogP contribution in [-0.2, 0) is 13.1 Å². The van der Waals surface area contributed by atoms with Gasteiger partial charge in [-0.1, -0.05) is 42.5 Å². The number of hydrogen-bond acceptors (Lipinski definition) is 5. The first kappa shape index (κ1) is 22.6. The molecule has 2 aliphatic rings. The van der Waals surface area contributed by atoms with Gasteiger partial charge in [-0.3, -0.25) is 14.6 Å². The van der Waals surface area contributed by atoms with Crippen LogP contribution in [0.4, 0.5) is 11.5 Å². The lowest BCUT2D eigenvalue weighted by Crippen LogP contribution is -2.45. The number of carbonyl (C=O) groups excluding carboxylic acids is 1. The molecule has 1 aromatic heterocycles. The fourth-order valence-electron chi connectivity index (χ4n) is 4.76. The van der Waals surface area contributed by atoms with E-state index in [0.29, 0.717) is 5.56 Å². The summed E-state index contributed by atoms with van der Waals surface area (Å²) in [4.78, 5) is 24.4. The van der Waals surface area contributed by atoms with Gasteiger partial charge in [0.2, 0.25) is 0 Å². The number of benzene rings is 2. The summed E-state index contributed by atoms with van der Waals surface area (Å²) in [5, 5.41) is 2.99. The summed E-state index contributed by atoms with van der Waals surface area (Å²) in [5.74, 6) is 0.835. The normalized spacial score (nSPS) is 17.1. The van der Waals surface area contributed by atoms with Crippen molar-refractivity contribution in [1.82, 2.24) is 14.8 Å². The Morgan fingerprint density at radius 2 is 1.35 bits per heavy atom. The summed E-state index contributed by atoms with van der Waals surface area (Å²) in [6.45, 7) is 8.40. The minimum absolute atomic E-state index is 0.122. The van der Waals surface area contributed by atoms with E-state index in [2.05, 4.69) is 67.5 Å². The van der Waals surface area contributed by atoms with E-state index in [-0.39, 0.29) is 5.91 Å². The summed E-state index contributed by atoms with van der Waals surface area (Å²) in [7, 11) is 0. The van der Waals surface area contributed by atoms with E-state index in [1.54, 1.807) is 6.20 Å². The molecule has 1 N–H and O–H groups in total. The first-order valence-corrected chi connectivity index (χ1v) is 12.3. The second-order valence-electron chi connectivity index (χ2n) is 9.29. The van der Waals surface area contributed by atoms with Crippen LogP contribution in [0.2, 0.25) is 0 Å². The molecule has 34 heavy (non-hydrogen) atoms. The molecule has 6 nitrogen and oxygen atoms in total. The molecule has 0 unspecified atom stereocenters. The first-order valence-electron chi connectivity index (χ1n) is 12.3. The summed E-state index contributed by atoms with van der Waals surface area (Å²) >= 11 is 0. The van der Waals surface area contributed by atoms with Gasteiger partial charge < -0.3 is 10.2 Å². The van der Waals surface area contributed by atoms with E-state index in [0.717, 1.165) is 63.9 Å². The third kappa shape index (κ3) is 5.82. The van der Waals surface area contributed by atoms with Gasteiger partial charge in [-0.15, -0.1) is 0 Å². The predicted molar refractivity (Wildman–Crippen MR) is 137 cm³/mol. The second kappa shape index (κ2) is 10.8. The minimum Gasteiger partial charge on any atom is -0.357 e. The molecule has 3 heterocycles. The van der Waals surface area contributed by atoms with E-state index in [1.807, 2.05) is 24.3 Å². The fourth-order valence-corrected chi connectivity index (χ4v) is 4.76. The lowest BCUT2D eigenvalue weighted by atomic mass is 10.1. The number of aromatic nitrogens is 1. The molecule has 0 radical (unpaired) electrons. The highest BCUT2D eigenvalue weighted by Gasteiger charge is 2.17. The minimum atomic E-state index is -0.122. The molecular formula is C28H33N5O. The van der Waals surface area contributed by atoms with Crippen molar-refractivity contribution >= 4 is 17.4 Å². The molecule has 6 heteroatoms. The van der Waals surface area contributed by atoms with Crippen LogP contribution >= 0.6 is 0 Å². The maximum Gasteiger partial charge on any atom is 0.257 e. The molecule has 0 saturated carbocycles. The van der Waals surface area contributed by atoms with Crippen molar-refractivity contribution in [3.05, 3.63) is 89.6 Å². The number of anilines is 2. The Hall–Kier alpha value is -3.22. The van der Waals surface area contributed by atoms with Crippen LogP contribution in [0.15, 0.2) is 72.9 Å². The first-order chi connectivity index (χ1) is 16.7. The van der Waals surface area contributed by atoms with Crippen LogP contribution in [0.5, 0.6) is 0 Å². The average molecular weight is 456 g/mol. The lowest BCUT2D eigenvalue weighted by molar-refractivity contribution is 0.102. The maximum atomic E-state index is 12.6. The van der Waals surface area contributed by atoms with Gasteiger partial charge in [0.1, 0.15) is 5.82 Å². The molecule has 176 valence electrons. The van der Waals surface area contributed by atoms with Gasteiger partial charge in [0, 0.05) is 64.2 Å². The Bertz CT molecular complexity index is 1050. The van der Waals surface area contributed by atoms with E-state index in [1.165, 1.54) is 24.0 Å². The topological polar surface area (TPSA) is 51.7 Å². The number of nitrogens with zero attached hydrogens (tertiary/aromatic N) is 4. The highest BCUT2D eigenvalue weighted by atomic mass is 16.1. The quantitative estimate of drug-likeness (QED) is 0.577. The molecule has 1 amide bonds. The predicted octanol–water partition coefficient (Wildman–Crippen LogP) is 4.25. The summed E-state index contributed by atoms with van der Waals surface area (Å²) in [6, 6.07) is 22.7. The molecule has 2 aliphatic heterocycles. The van der Waals surface area contributed by atoms with Crippen molar-refractivity contribution in [3.8, 4) is 0 Å². The summed E-state index contributed by atoms with van der Waals surface area (Å²) in [6.07, 6.45) is 4.10. The number of pyridine rings is 1. The van der Waals surface area contributed by atoms with Gasteiger partial charge in [0.05, 0.1) is 5.56 Å². The summed E-state index contributed by atoms with van der Waals surface area (Å²) < 4.78 is 0. The number of rotatable bonds is 7. The third-order valence-electron chi connectivity index (χ3n) is 6.77. The molecule has 2 aromatic carbocycles. The molecular weight excluding hydrogens is 422 g/mol. The van der Waals surface area contributed by atoms with Crippen LogP contribution in [-0.4, -0.2) is 60.0 Å². The zero-order chi connectivity index (χ0) is 23.2. The Morgan fingerprint density at radius 1 is 0.735 bits per heavy atom. The molecule has 3 aromatic rings. The third-order valence-corrected chi connectivity index (χ3v) is 6.77. The SMILES string of the molecule is O=C(Nc1ccc(CN2CCN(Cc3ccccc3)CC2)cc1)c1ccc(N2CCCC2)nc1. The molecule has 2 fully saturated rings. The highest BCUT2D eigenvalue weighted by molar-refractivity contribution is 6.04. The van der Waals surface area contributed by atoms with E-state index in [4.69, 9.17) is 0 Å². The smallest absolute Gasteiger partial charge is 0.257 e. The van der Waals surface area contributed by atoms with Crippen LogP contribution in [0.25, 0.3) is 0 Å². The van der Waals surface area contributed by atoms with Crippen LogP contribution < -0.4 is 10.2 Å². The largest absolute Gasteiger partial charge is 0.357 e. The van der Waals surface area contributed by atoms with Crippen molar-refractivity contribution in [1.29, 1.82) is 0 Å². The van der Waals surface area contributed by atoms with E-state index in [9.17, 15) is 4.79 Å². The van der Waals surface area contributed by atoms with Crippen molar-refractivity contribution in [2.45, 2.75) is 25.9 Å². The molecule has 0 aliphatic carbocycles. The van der Waals surface area contributed by atoms with Gasteiger partial charge >= 0.3 is 0 Å². The van der Waals surface area contributed by atoms with Crippen molar-refractivity contribution in [2.75, 3.05) is 49.5 Å². The second-order valence-corrected chi connectivity index (χ2v) is 9.29. The fraction of sp³-hybridized carbons (Fsp3) is 0.357. The Morgan fingerprint density at radius 3 is 1.94 bits per heavy atom. The zero-order valence-corrected chi connectivity index (χ0v) is 19.7. The van der Waals surface area contributed by atoms with Gasteiger partial charge in [0.15, 0.2) is 0 Å². The Kier molecular flexibility index (Phi) is 7.17. The van der Waals surface area contributed by atoms with Gasteiger partial charge in [-0.05, 0) is 48.2 Å². The lowest BCUT2D eigenvalue weighted by Gasteiger charge is -2.34. The van der Waals surface area contributed by atoms with Crippen molar-refractivity contribution in [3.63, 3.8) is 0 Å². The Balaban J connectivity index is 1.08. The molecule has 5 rings (SSSR count). The van der Waals surface area contributed by atoms with Crippen LogP contribution in [0.1, 0.15) is 34.3 Å². The molecule has 0 bridgehead atoms. The highest BCUT2D eigenvalue weighted by Crippen LogP contribution is 2.19. The number of amides is 1. The Labute approximate surface area is 202 Å². The maximum absolute atomic E-state index is 12.6. The zero-order valence-electron chi connectivity index (χ0n) is 19.7. The standard InChI is InChI=1S/C28H33N5O/c34-28(25-10-13-27(29-20-25)33-14-4-5-15-33)30-26-11-8-24(9-12-26)22-32-18-16-31(17-19-32)21-23-6-2-1-3-7-23/h1-3,6-13,20H,4-5,14-19,21-22H2,(H,30,34). The van der Waals surface area contributed by atoms with Gasteiger partial charge in [-0.25, -0.2) is 4.98 Å². The van der Waals surface area contributed by atoms with Crippen LogP contribution in [0.3, 0.4) is 0 Å². The number of carbonyl (C=O) groups is 1. The number of piperazine rings is 1. The van der Waals surface area contributed by atoms with E-state index >= 15 is 0 Å². The molecule has 0 atom stereocenters. The number of hydrogen-bond donors (Lipinski definition) is 1. The van der Waals surface area contributed by atoms with Gasteiger partial charge in [-0.2, -0.15) is 0 Å². The average Bonchev–Trinajstić information content (AvgIpc) is 3.42. The molecule has 0 spiro atoms. The van der Waals surface area contributed by atoms with Crippen molar-refractivity contribution in [2.24, 2.45) is 0 Å². The number of nitrogens with one attached hydrogen (secondary N) is 1. The monoisotopic (exact) mass is 455 g/mol. The van der Waals surface area contributed by atoms with Gasteiger partial charge in [0.25, 0.3) is 5.91 Å². The van der Waals surface area contributed by atoms with Crippen molar-refractivity contribution < 1.29 is 4.79 Å². The van der Waals surface area contributed by atoms with Crippen LogP contribution in [0, 0.1) is 0 Å². The van der Waals surface area contributed by atoms with E-state index < -0.39 is 0 Å².